The first-order chi connectivity index (χ1) is 31.2. The van der Waals surface area contributed by atoms with Crippen LogP contribution in [0.4, 0.5) is 0 Å². The average molecular weight is 947 g/mol. The van der Waals surface area contributed by atoms with E-state index < -0.39 is 15.6 Å². The van der Waals surface area contributed by atoms with Crippen LogP contribution in [0.1, 0.15) is 290 Å². The maximum Gasteiger partial charge on any atom is 0.472 e. The number of phosphoric acid groups is 2. The highest BCUT2D eigenvalue weighted by Gasteiger charge is 2.20. The molecule has 64 heavy (non-hydrogen) atoms. The van der Waals surface area contributed by atoms with Crippen molar-refractivity contribution in [1.82, 2.24) is 0 Å². The Morgan fingerprint density at radius 2 is 0.469 bits per heavy atom. The molecule has 8 nitrogen and oxygen atoms in total. The minimum Gasteiger partial charge on any atom is -0.303 e. The highest BCUT2D eigenvalue weighted by atomic mass is 31.2. The van der Waals surface area contributed by atoms with Crippen molar-refractivity contribution < 1.29 is 37.4 Å². The summed E-state index contributed by atoms with van der Waals surface area (Å²) in [6.45, 7) is 7.56. The Hall–Kier alpha value is -0.560. The molecule has 0 rings (SSSR count). The van der Waals surface area contributed by atoms with E-state index in [1.165, 1.54) is 212 Å². The molecule has 0 heterocycles. The van der Waals surface area contributed by atoms with E-state index >= 15 is 0 Å². The third-order valence-corrected chi connectivity index (χ3v) is 13.3. The van der Waals surface area contributed by atoms with Gasteiger partial charge in [0.2, 0.25) is 0 Å². The molecule has 0 bridgehead atoms. The highest BCUT2D eigenvalue weighted by molar-refractivity contribution is 7.47. The molecule has 382 valence electrons. The van der Waals surface area contributed by atoms with Gasteiger partial charge in [-0.15, -0.1) is 0 Å². The number of hydrogen-bond donors (Lipinski definition) is 3. The van der Waals surface area contributed by atoms with Gasteiger partial charge < -0.3 is 14.7 Å². The Kier molecular flexibility index (Phi) is 56.3. The number of allylic oxidation sites excluding steroid dienone is 6. The van der Waals surface area contributed by atoms with E-state index in [-0.39, 0.29) is 6.61 Å². The Labute approximate surface area is 398 Å². The standard InChI is InChI=1S/C36H71O4P.C18H37O4P/c1-3-5-7-9-11-13-15-17-19-21-23-25-27-29-31-33-35-39-41(37,38)40-36-34-32-30-28-26-24-22-20-18-16-14-12-10-8-6-4-2;1-2-3-4-5-6-7-8-9-10-11-12-13-14-15-16-17-18-22-23(19,20)21/h17-20H,3-16,21-36H2,1-2H3,(H,37,38);9-10H,2-8,11-18H2,1H3,(H2,19,20,21)/b19-17-,20-18-;10-9-. The maximum absolute atomic E-state index is 12.0. The molecule has 0 aromatic carbocycles. The zero-order chi connectivity index (χ0) is 47.2. The molecule has 0 spiro atoms. The van der Waals surface area contributed by atoms with Crippen LogP contribution >= 0.6 is 15.6 Å². The van der Waals surface area contributed by atoms with E-state index in [9.17, 15) is 14.0 Å². The van der Waals surface area contributed by atoms with Crippen LogP contribution in [0.2, 0.25) is 0 Å². The van der Waals surface area contributed by atoms with Gasteiger partial charge in [-0.05, 0) is 96.3 Å². The van der Waals surface area contributed by atoms with Crippen molar-refractivity contribution in [3.8, 4) is 0 Å². The molecule has 10 heteroatoms. The minimum atomic E-state index is -4.26. The topological polar surface area (TPSA) is 123 Å². The van der Waals surface area contributed by atoms with Crippen LogP contribution in [-0.2, 0) is 22.7 Å². The van der Waals surface area contributed by atoms with Gasteiger partial charge >= 0.3 is 15.6 Å². The number of unbranched alkanes of at least 4 members (excludes halogenated alkanes) is 36. The van der Waals surface area contributed by atoms with Gasteiger partial charge in [0, 0.05) is 0 Å². The fraction of sp³-hybridized carbons (Fsp3) is 0.889. The zero-order valence-electron chi connectivity index (χ0n) is 42.6. The Balaban J connectivity index is 0. The fourth-order valence-electron chi connectivity index (χ4n) is 7.63. The molecular formula is C54H108O8P2. The molecule has 0 saturated heterocycles. The van der Waals surface area contributed by atoms with E-state index in [4.69, 9.17) is 18.8 Å². The summed E-state index contributed by atoms with van der Waals surface area (Å²) < 4.78 is 37.2. The van der Waals surface area contributed by atoms with Crippen molar-refractivity contribution in [2.45, 2.75) is 290 Å². The molecule has 0 saturated carbocycles. The van der Waals surface area contributed by atoms with Crippen LogP contribution in [0.5, 0.6) is 0 Å². The summed E-state index contributed by atoms with van der Waals surface area (Å²) in [6, 6.07) is 0. The third kappa shape index (κ3) is 63.5. The molecule has 3 N–H and O–H groups in total. The van der Waals surface area contributed by atoms with Gasteiger partial charge in [-0.2, -0.15) is 0 Å². The molecule has 0 aromatic heterocycles. The summed E-state index contributed by atoms with van der Waals surface area (Å²) in [5.41, 5.74) is 0. The second-order valence-electron chi connectivity index (χ2n) is 18.3. The molecule has 0 aliphatic heterocycles. The molecular weight excluding hydrogens is 839 g/mol. The van der Waals surface area contributed by atoms with Crippen molar-refractivity contribution in [1.29, 1.82) is 0 Å². The predicted octanol–water partition coefficient (Wildman–Crippen LogP) is 19.3. The van der Waals surface area contributed by atoms with Gasteiger partial charge in [-0.3, -0.25) is 13.6 Å². The number of rotatable bonds is 51. The Bertz CT molecular complexity index is 1030. The van der Waals surface area contributed by atoms with Gasteiger partial charge in [0.1, 0.15) is 0 Å². The highest BCUT2D eigenvalue weighted by Crippen LogP contribution is 2.43. The van der Waals surface area contributed by atoms with Gasteiger partial charge in [0.25, 0.3) is 0 Å². The number of hydrogen-bond acceptors (Lipinski definition) is 5. The van der Waals surface area contributed by atoms with E-state index in [0.717, 1.165) is 57.8 Å². The van der Waals surface area contributed by atoms with Crippen LogP contribution in [-0.4, -0.2) is 34.5 Å². The van der Waals surface area contributed by atoms with E-state index in [2.05, 4.69) is 61.8 Å². The number of phosphoric ester groups is 2. The summed E-state index contributed by atoms with van der Waals surface area (Å²) in [4.78, 5) is 26.9. The van der Waals surface area contributed by atoms with Gasteiger partial charge in [0.05, 0.1) is 19.8 Å². The smallest absolute Gasteiger partial charge is 0.303 e. The molecule has 0 aromatic rings. The second-order valence-corrected chi connectivity index (χ2v) is 21.0. The van der Waals surface area contributed by atoms with Crippen LogP contribution in [0.25, 0.3) is 0 Å². The van der Waals surface area contributed by atoms with Crippen molar-refractivity contribution in [3.05, 3.63) is 36.5 Å². The van der Waals surface area contributed by atoms with Crippen molar-refractivity contribution in [2.75, 3.05) is 19.8 Å². The zero-order valence-corrected chi connectivity index (χ0v) is 44.4. The summed E-state index contributed by atoms with van der Waals surface area (Å²) in [7, 11) is -8.15. The third-order valence-electron chi connectivity index (χ3n) is 11.7. The molecule has 0 fully saturated rings. The van der Waals surface area contributed by atoms with E-state index in [1.54, 1.807) is 0 Å². The second kappa shape index (κ2) is 55.0. The van der Waals surface area contributed by atoms with Crippen LogP contribution in [0.15, 0.2) is 36.5 Å². The molecule has 0 atom stereocenters. The SMILES string of the molecule is CCCCCCCC/C=C\CCCCCCCCOP(=O)(O)O.CCCCCCCC/C=C\CCCCCCCCOP(=O)(O)OCCCCCCCC/C=C\CCCCCCCC. The molecule has 0 aliphatic rings. The maximum atomic E-state index is 12.0. The first kappa shape index (κ1) is 65.5. The van der Waals surface area contributed by atoms with Crippen molar-refractivity contribution in [2.24, 2.45) is 0 Å². The molecule has 0 aliphatic carbocycles. The van der Waals surface area contributed by atoms with Crippen LogP contribution in [0, 0.1) is 0 Å². The molecule has 0 radical (unpaired) electrons. The summed E-state index contributed by atoms with van der Waals surface area (Å²) in [6.07, 6.45) is 66.1. The average Bonchev–Trinajstić information content (AvgIpc) is 3.26. The fourth-order valence-corrected chi connectivity index (χ4v) is 8.79. The lowest BCUT2D eigenvalue weighted by Crippen LogP contribution is -1.99. The van der Waals surface area contributed by atoms with Crippen LogP contribution < -0.4 is 0 Å². The monoisotopic (exact) mass is 947 g/mol. The normalized spacial score (nSPS) is 12.3. The summed E-state index contributed by atoms with van der Waals surface area (Å²) >= 11 is 0. The summed E-state index contributed by atoms with van der Waals surface area (Å²) in [5.74, 6) is 0. The van der Waals surface area contributed by atoms with Crippen molar-refractivity contribution >= 4 is 15.6 Å². The Morgan fingerprint density at radius 1 is 0.281 bits per heavy atom. The minimum absolute atomic E-state index is 0.158. The van der Waals surface area contributed by atoms with E-state index in [0.29, 0.717) is 13.2 Å². The van der Waals surface area contributed by atoms with Gasteiger partial charge in [-0.25, -0.2) is 9.13 Å². The van der Waals surface area contributed by atoms with Crippen LogP contribution in [0.3, 0.4) is 0 Å². The predicted molar refractivity (Wildman–Crippen MR) is 278 cm³/mol. The van der Waals surface area contributed by atoms with Gasteiger partial charge in [0.15, 0.2) is 0 Å². The summed E-state index contributed by atoms with van der Waals surface area (Å²) in [5, 5.41) is 0. The molecule has 0 unspecified atom stereocenters. The lowest BCUT2D eigenvalue weighted by Gasteiger charge is -2.12. The van der Waals surface area contributed by atoms with Crippen molar-refractivity contribution in [3.63, 3.8) is 0 Å². The van der Waals surface area contributed by atoms with E-state index in [1.807, 2.05) is 0 Å². The Morgan fingerprint density at radius 3 is 0.688 bits per heavy atom. The largest absolute Gasteiger partial charge is 0.472 e. The first-order valence-electron chi connectivity index (χ1n) is 27.4. The van der Waals surface area contributed by atoms with Gasteiger partial charge in [-0.1, -0.05) is 231 Å². The molecule has 0 amide bonds. The lowest BCUT2D eigenvalue weighted by molar-refractivity contribution is 0.145. The first-order valence-corrected chi connectivity index (χ1v) is 30.5. The quantitative estimate of drug-likeness (QED) is 0.0313. The lowest BCUT2D eigenvalue weighted by atomic mass is 10.1.